The molecule has 1 aromatic rings. The summed E-state index contributed by atoms with van der Waals surface area (Å²) in [5.41, 5.74) is 7.93. The fourth-order valence-electron chi connectivity index (χ4n) is 3.27. The van der Waals surface area contributed by atoms with Crippen molar-refractivity contribution in [2.24, 2.45) is 5.73 Å². The molecule has 4 amide bonds. The highest BCUT2D eigenvalue weighted by Gasteiger charge is 2.19. The maximum Gasteiger partial charge on any atom is 0.312 e. The number of aryl methyl sites for hydroxylation is 1. The molecule has 0 saturated heterocycles. The second-order valence-corrected chi connectivity index (χ2v) is 7.49. The van der Waals surface area contributed by atoms with Crippen LogP contribution in [0.5, 0.6) is 0 Å². The Hall–Kier alpha value is -2.61. The van der Waals surface area contributed by atoms with Crippen molar-refractivity contribution in [2.45, 2.75) is 76.7 Å². The van der Waals surface area contributed by atoms with Gasteiger partial charge in [0.2, 0.25) is 5.91 Å². The number of carbonyl (C=O) groups is 3. The number of hydrogen-bond donors (Lipinski definition) is 5. The zero-order chi connectivity index (χ0) is 22.0. The van der Waals surface area contributed by atoms with Gasteiger partial charge in [0.25, 0.3) is 5.91 Å². The largest absolute Gasteiger partial charge is 0.352 e. The molecule has 0 radical (unpaired) electrons. The molecule has 0 spiro atoms. The van der Waals surface area contributed by atoms with Crippen LogP contribution >= 0.6 is 0 Å². The summed E-state index contributed by atoms with van der Waals surface area (Å²) in [4.78, 5) is 34.4. The van der Waals surface area contributed by atoms with Gasteiger partial charge in [0, 0.05) is 13.0 Å². The molecule has 1 atom stereocenters. The Balaban J connectivity index is 2.06. The molecule has 8 nitrogen and oxygen atoms in total. The van der Waals surface area contributed by atoms with Gasteiger partial charge in [0.15, 0.2) is 0 Å². The summed E-state index contributed by atoms with van der Waals surface area (Å²) in [5.74, 6) is -0.882. The third kappa shape index (κ3) is 12.8. The van der Waals surface area contributed by atoms with Gasteiger partial charge in [-0.2, -0.15) is 0 Å². The molecule has 0 aliphatic rings. The van der Waals surface area contributed by atoms with Crippen LogP contribution in [0.2, 0.25) is 0 Å². The van der Waals surface area contributed by atoms with E-state index in [1.807, 2.05) is 6.07 Å². The average Bonchev–Trinajstić information content (AvgIpc) is 2.74. The lowest BCUT2D eigenvalue weighted by atomic mass is 10.0. The van der Waals surface area contributed by atoms with Crippen molar-refractivity contribution in [1.82, 2.24) is 16.1 Å². The number of hydrogen-bond acceptors (Lipinski definition) is 4. The van der Waals surface area contributed by atoms with Gasteiger partial charge >= 0.3 is 6.03 Å². The summed E-state index contributed by atoms with van der Waals surface area (Å²) in [6.07, 6.45) is 9.86. The molecule has 0 saturated carbocycles. The summed E-state index contributed by atoms with van der Waals surface area (Å²) >= 11 is 0. The number of unbranched alkanes of at least 4 members (excludes halogenated alkanes) is 6. The third-order valence-corrected chi connectivity index (χ3v) is 4.94. The molecule has 30 heavy (non-hydrogen) atoms. The van der Waals surface area contributed by atoms with Crippen LogP contribution in [0.25, 0.3) is 0 Å². The van der Waals surface area contributed by atoms with Crippen molar-refractivity contribution >= 4 is 17.8 Å². The molecule has 6 N–H and O–H groups in total. The van der Waals surface area contributed by atoms with Crippen LogP contribution in [0.1, 0.15) is 69.8 Å². The fraction of sp³-hybridized carbons (Fsp3) is 0.591. The maximum absolute atomic E-state index is 12.1. The van der Waals surface area contributed by atoms with Gasteiger partial charge in [-0.05, 0) is 37.7 Å². The van der Waals surface area contributed by atoms with Crippen LogP contribution < -0.4 is 21.8 Å². The highest BCUT2D eigenvalue weighted by Crippen LogP contribution is 2.11. The van der Waals surface area contributed by atoms with Crippen molar-refractivity contribution in [3.63, 3.8) is 0 Å². The second-order valence-electron chi connectivity index (χ2n) is 7.49. The van der Waals surface area contributed by atoms with E-state index in [0.29, 0.717) is 25.8 Å². The molecular weight excluding hydrogens is 384 g/mol. The lowest BCUT2D eigenvalue weighted by Gasteiger charge is -2.16. The summed E-state index contributed by atoms with van der Waals surface area (Å²) in [6.45, 7) is 0.297. The number of rotatable bonds is 16. The molecule has 0 aliphatic heterocycles. The van der Waals surface area contributed by atoms with Crippen molar-refractivity contribution in [1.29, 1.82) is 0 Å². The molecule has 0 bridgehead atoms. The van der Waals surface area contributed by atoms with E-state index in [0.717, 1.165) is 25.7 Å². The summed E-state index contributed by atoms with van der Waals surface area (Å²) in [7, 11) is 0. The number of hydroxylamine groups is 1. The average molecular weight is 421 g/mol. The molecule has 0 aliphatic carbocycles. The lowest BCUT2D eigenvalue weighted by molar-refractivity contribution is -0.134. The summed E-state index contributed by atoms with van der Waals surface area (Å²) in [6, 6.07) is 9.04. The van der Waals surface area contributed by atoms with E-state index in [2.05, 4.69) is 34.9 Å². The molecule has 1 aromatic carbocycles. The van der Waals surface area contributed by atoms with Crippen LogP contribution in [0.15, 0.2) is 30.3 Å². The first-order chi connectivity index (χ1) is 14.5. The molecule has 0 heterocycles. The highest BCUT2D eigenvalue weighted by molar-refractivity contribution is 5.86. The van der Waals surface area contributed by atoms with E-state index < -0.39 is 18.0 Å². The van der Waals surface area contributed by atoms with Crippen molar-refractivity contribution in [3.8, 4) is 0 Å². The number of carbonyl (C=O) groups excluding carboxylic acids is 3. The molecule has 1 rings (SSSR count). The lowest BCUT2D eigenvalue weighted by Crippen LogP contribution is -2.46. The first-order valence-electron chi connectivity index (χ1n) is 10.8. The minimum Gasteiger partial charge on any atom is -0.352 e. The zero-order valence-corrected chi connectivity index (χ0v) is 17.7. The van der Waals surface area contributed by atoms with E-state index in [9.17, 15) is 14.4 Å². The summed E-state index contributed by atoms with van der Waals surface area (Å²) < 4.78 is 0. The zero-order valence-electron chi connectivity index (χ0n) is 17.7. The standard InChI is InChI=1S/C22H36N4O4/c23-22(29)24-17-11-15-19(21(28)26-30)25-20(27)16-10-5-3-1-2-4-7-12-18-13-8-6-9-14-18/h6,8-9,13-14,19,30H,1-5,7,10-12,15-17H2,(H,25,27)(H,26,28)(H3,23,24,29)/t19-/m1/s1. The van der Waals surface area contributed by atoms with Crippen molar-refractivity contribution in [3.05, 3.63) is 35.9 Å². The first kappa shape index (κ1) is 25.4. The van der Waals surface area contributed by atoms with Crippen LogP contribution in [0, 0.1) is 0 Å². The monoisotopic (exact) mass is 420 g/mol. The second kappa shape index (κ2) is 16.2. The Labute approximate surface area is 178 Å². The van der Waals surface area contributed by atoms with Crippen LogP contribution in [0.4, 0.5) is 4.79 Å². The Morgan fingerprint density at radius 3 is 2.17 bits per heavy atom. The van der Waals surface area contributed by atoms with Crippen LogP contribution in [0.3, 0.4) is 0 Å². The highest BCUT2D eigenvalue weighted by atomic mass is 16.5. The van der Waals surface area contributed by atoms with Crippen LogP contribution in [-0.2, 0) is 16.0 Å². The topological polar surface area (TPSA) is 134 Å². The predicted octanol–water partition coefficient (Wildman–Crippen LogP) is 2.79. The summed E-state index contributed by atoms with van der Waals surface area (Å²) in [5, 5.41) is 13.9. The van der Waals surface area contributed by atoms with E-state index in [4.69, 9.17) is 10.9 Å². The first-order valence-corrected chi connectivity index (χ1v) is 10.8. The Kier molecular flexibility index (Phi) is 13.7. The number of primary amides is 1. The van der Waals surface area contributed by atoms with E-state index in [1.165, 1.54) is 31.2 Å². The molecule has 0 unspecified atom stereocenters. The van der Waals surface area contributed by atoms with E-state index >= 15 is 0 Å². The van der Waals surface area contributed by atoms with Gasteiger partial charge < -0.3 is 16.4 Å². The van der Waals surface area contributed by atoms with Gasteiger partial charge in [-0.15, -0.1) is 0 Å². The number of nitrogens with two attached hydrogens (primary N) is 1. The van der Waals surface area contributed by atoms with Gasteiger partial charge in [0.1, 0.15) is 6.04 Å². The van der Waals surface area contributed by atoms with Gasteiger partial charge in [-0.25, -0.2) is 10.3 Å². The normalized spacial score (nSPS) is 11.5. The van der Waals surface area contributed by atoms with Gasteiger partial charge in [0.05, 0.1) is 0 Å². The maximum atomic E-state index is 12.1. The minimum atomic E-state index is -0.832. The number of amides is 4. The van der Waals surface area contributed by atoms with Crippen molar-refractivity contribution < 1.29 is 19.6 Å². The number of nitrogens with one attached hydrogen (secondary N) is 3. The molecule has 8 heteroatoms. The third-order valence-electron chi connectivity index (χ3n) is 4.94. The molecule has 0 fully saturated rings. The predicted molar refractivity (Wildman–Crippen MR) is 116 cm³/mol. The van der Waals surface area contributed by atoms with E-state index in [-0.39, 0.29) is 5.91 Å². The SMILES string of the molecule is NC(=O)NCCC[C@@H](NC(=O)CCCCCCCCCc1ccccc1)C(=O)NO. The molecule has 168 valence electrons. The fourth-order valence-corrected chi connectivity index (χ4v) is 3.27. The van der Waals surface area contributed by atoms with Crippen molar-refractivity contribution in [2.75, 3.05) is 6.54 Å². The Morgan fingerprint density at radius 1 is 0.900 bits per heavy atom. The van der Waals surface area contributed by atoms with Crippen LogP contribution in [-0.4, -0.2) is 35.6 Å². The smallest absolute Gasteiger partial charge is 0.312 e. The Morgan fingerprint density at radius 2 is 1.53 bits per heavy atom. The molecular formula is C22H36N4O4. The number of urea groups is 1. The minimum absolute atomic E-state index is 0.214. The number of benzene rings is 1. The quantitative estimate of drug-likeness (QED) is 0.160. The Bertz CT molecular complexity index is 625. The molecule has 0 aromatic heterocycles. The van der Waals surface area contributed by atoms with Gasteiger partial charge in [-0.3, -0.25) is 14.8 Å². The van der Waals surface area contributed by atoms with Gasteiger partial charge in [-0.1, -0.05) is 62.4 Å². The van der Waals surface area contributed by atoms with E-state index in [1.54, 1.807) is 5.48 Å².